The summed E-state index contributed by atoms with van der Waals surface area (Å²) in [5, 5.41) is 0. The molecule has 1 unspecified atom stereocenters. The fourth-order valence-electron chi connectivity index (χ4n) is 5.14. The Morgan fingerprint density at radius 1 is 1.03 bits per heavy atom. The van der Waals surface area contributed by atoms with Crippen LogP contribution in [0.15, 0.2) is 41.2 Å². The molecule has 2 aliphatic rings. The second kappa shape index (κ2) is 10.9. The van der Waals surface area contributed by atoms with Crippen LogP contribution in [0.1, 0.15) is 23.6 Å². The number of benzene rings is 2. The number of fused-ring (bicyclic) bond motifs is 3. The monoisotopic (exact) mass is 545 g/mol. The summed E-state index contributed by atoms with van der Waals surface area (Å²) < 4.78 is 71.1. The lowest BCUT2D eigenvalue weighted by molar-refractivity contribution is -0.138. The number of halogens is 3. The van der Waals surface area contributed by atoms with E-state index in [9.17, 15) is 18.0 Å². The van der Waals surface area contributed by atoms with E-state index in [1.54, 1.807) is 23.6 Å². The number of hydrogen-bond donors (Lipinski definition) is 0. The first-order valence-electron chi connectivity index (χ1n) is 12.8. The molecular weight excluding hydrogens is 515 g/mol. The van der Waals surface area contributed by atoms with Crippen LogP contribution in [-0.2, 0) is 28.6 Å². The summed E-state index contributed by atoms with van der Waals surface area (Å²) in [6, 6.07) is 9.14. The molecule has 10 heteroatoms. The smallest absolute Gasteiger partial charge is 0.419 e. The van der Waals surface area contributed by atoms with Crippen LogP contribution in [0.4, 0.5) is 13.2 Å². The molecule has 2 aliphatic heterocycles. The van der Waals surface area contributed by atoms with E-state index in [2.05, 4.69) is 0 Å². The van der Waals surface area contributed by atoms with Crippen molar-refractivity contribution < 1.29 is 36.9 Å². The Labute approximate surface area is 224 Å². The Bertz CT molecular complexity index is 1430. The number of aromatic nitrogens is 1. The van der Waals surface area contributed by atoms with Gasteiger partial charge in [-0.1, -0.05) is 6.07 Å². The fourth-order valence-corrected chi connectivity index (χ4v) is 5.14. The second-order valence-electron chi connectivity index (χ2n) is 9.45. The number of hydrogen-bond acceptors (Lipinski definition) is 6. The summed E-state index contributed by atoms with van der Waals surface area (Å²) in [5.41, 5.74) is 3.01. The lowest BCUT2D eigenvalue weighted by atomic mass is 9.90. The minimum absolute atomic E-state index is 0.121. The van der Waals surface area contributed by atoms with Gasteiger partial charge in [0, 0.05) is 29.3 Å². The highest BCUT2D eigenvalue weighted by molar-refractivity contribution is 5.81. The van der Waals surface area contributed by atoms with Crippen molar-refractivity contribution >= 4 is 0 Å². The maximum atomic E-state index is 13.8. The quantitative estimate of drug-likeness (QED) is 0.403. The third kappa shape index (κ3) is 5.35. The number of methoxy groups -OCH3 is 1. The van der Waals surface area contributed by atoms with Gasteiger partial charge in [-0.25, -0.2) is 0 Å². The van der Waals surface area contributed by atoms with Crippen LogP contribution in [0.3, 0.4) is 0 Å². The van der Waals surface area contributed by atoms with Crippen molar-refractivity contribution in [2.24, 2.45) is 0 Å². The number of ether oxygens (including phenoxy) is 5. The van der Waals surface area contributed by atoms with Crippen molar-refractivity contribution in [3.63, 3.8) is 0 Å². The van der Waals surface area contributed by atoms with Crippen molar-refractivity contribution in [3.05, 3.63) is 63.4 Å². The van der Waals surface area contributed by atoms with Gasteiger partial charge in [-0.2, -0.15) is 13.2 Å². The summed E-state index contributed by atoms with van der Waals surface area (Å²) in [6.07, 6.45) is -4.26. The van der Waals surface area contributed by atoms with Gasteiger partial charge in [-0.15, -0.1) is 0 Å². The van der Waals surface area contributed by atoms with Gasteiger partial charge in [0.25, 0.3) is 5.56 Å². The highest BCUT2D eigenvalue weighted by Gasteiger charge is 2.35. The molecule has 0 amide bonds. The predicted octanol–water partition coefficient (Wildman–Crippen LogP) is 5.27. The van der Waals surface area contributed by atoms with Gasteiger partial charge in [0.2, 0.25) is 0 Å². The fraction of sp³-hybridized carbons (Fsp3) is 0.414. The van der Waals surface area contributed by atoms with Crippen LogP contribution in [-0.4, -0.2) is 50.8 Å². The minimum Gasteiger partial charge on any atom is -0.496 e. The zero-order valence-electron chi connectivity index (χ0n) is 22.0. The third-order valence-corrected chi connectivity index (χ3v) is 7.01. The van der Waals surface area contributed by atoms with E-state index in [4.69, 9.17) is 23.7 Å². The summed E-state index contributed by atoms with van der Waals surface area (Å²) in [7, 11) is 1.47. The molecule has 7 nitrogen and oxygen atoms in total. The molecular formula is C29H30F3NO6. The molecule has 3 heterocycles. The number of rotatable bonds is 7. The molecule has 208 valence electrons. The molecule has 0 aliphatic carbocycles. The summed E-state index contributed by atoms with van der Waals surface area (Å²) in [4.78, 5) is 13.0. The topological polar surface area (TPSA) is 68.2 Å². The Morgan fingerprint density at radius 2 is 1.85 bits per heavy atom. The van der Waals surface area contributed by atoms with Gasteiger partial charge in [0.05, 0.1) is 44.8 Å². The predicted molar refractivity (Wildman–Crippen MR) is 139 cm³/mol. The average molecular weight is 546 g/mol. The number of nitrogens with zero attached hydrogens (tertiary/aromatic N) is 1. The van der Waals surface area contributed by atoms with Crippen molar-refractivity contribution in [1.82, 2.24) is 4.57 Å². The summed E-state index contributed by atoms with van der Waals surface area (Å²) >= 11 is 0. The lowest BCUT2D eigenvalue weighted by Gasteiger charge is -2.27. The highest BCUT2D eigenvalue weighted by Crippen LogP contribution is 2.44. The molecule has 1 atom stereocenters. The van der Waals surface area contributed by atoms with Crippen LogP contribution in [0.5, 0.6) is 17.2 Å². The Hall–Kier alpha value is -3.50. The van der Waals surface area contributed by atoms with E-state index in [-0.39, 0.29) is 30.6 Å². The Kier molecular flexibility index (Phi) is 7.59. The standard InChI is InChI=1S/C29H30F3NO6/c1-4-37-24-6-5-18(12-23(24)29(30,31)32)21-11-19-7-8-33-27(34)14-25(39-16-20-15-36-9-10-38-20)17(2)28(33)22(19)13-26(21)35-3/h5-6,11-14,20H,4,7-10,15-16H2,1-3H3. The Morgan fingerprint density at radius 3 is 2.54 bits per heavy atom. The SMILES string of the molecule is CCOc1ccc(-c2cc3c(cc2OC)-c2c(C)c(OCC4COCCO4)cc(=O)n2CC3)cc1C(F)(F)F. The van der Waals surface area contributed by atoms with Crippen LogP contribution < -0.4 is 19.8 Å². The molecule has 5 rings (SSSR count). The highest BCUT2D eigenvalue weighted by atomic mass is 19.4. The number of alkyl halides is 3. The zero-order chi connectivity index (χ0) is 27.7. The first-order valence-corrected chi connectivity index (χ1v) is 12.8. The largest absolute Gasteiger partial charge is 0.496 e. The minimum atomic E-state index is -4.58. The molecule has 1 aromatic heterocycles. The van der Waals surface area contributed by atoms with Crippen molar-refractivity contribution in [1.29, 1.82) is 0 Å². The van der Waals surface area contributed by atoms with E-state index in [1.807, 2.05) is 13.0 Å². The van der Waals surface area contributed by atoms with Crippen LogP contribution >= 0.6 is 0 Å². The maximum absolute atomic E-state index is 13.8. The molecule has 39 heavy (non-hydrogen) atoms. The molecule has 1 saturated heterocycles. The zero-order valence-corrected chi connectivity index (χ0v) is 22.0. The average Bonchev–Trinajstić information content (AvgIpc) is 2.93. The van der Waals surface area contributed by atoms with E-state index in [0.29, 0.717) is 61.1 Å². The molecule has 0 spiro atoms. The van der Waals surface area contributed by atoms with Gasteiger partial charge in [-0.05, 0) is 55.7 Å². The molecule has 2 aromatic carbocycles. The van der Waals surface area contributed by atoms with Gasteiger partial charge in [-0.3, -0.25) is 4.79 Å². The van der Waals surface area contributed by atoms with E-state index in [1.165, 1.54) is 19.2 Å². The number of pyridine rings is 1. The lowest BCUT2D eigenvalue weighted by Crippen LogP contribution is -2.34. The van der Waals surface area contributed by atoms with Crippen LogP contribution in [0.25, 0.3) is 22.4 Å². The van der Waals surface area contributed by atoms with Crippen molar-refractivity contribution in [3.8, 4) is 39.6 Å². The molecule has 0 N–H and O–H groups in total. The molecule has 0 radical (unpaired) electrons. The van der Waals surface area contributed by atoms with Crippen LogP contribution in [0.2, 0.25) is 0 Å². The molecule has 1 fully saturated rings. The second-order valence-corrected chi connectivity index (χ2v) is 9.45. The maximum Gasteiger partial charge on any atom is 0.419 e. The normalized spacial score (nSPS) is 16.8. The molecule has 0 bridgehead atoms. The van der Waals surface area contributed by atoms with Gasteiger partial charge >= 0.3 is 6.18 Å². The molecule has 0 saturated carbocycles. The Balaban J connectivity index is 1.56. The van der Waals surface area contributed by atoms with Gasteiger partial charge < -0.3 is 28.3 Å². The van der Waals surface area contributed by atoms with Crippen molar-refractivity contribution in [2.45, 2.75) is 39.1 Å². The first-order chi connectivity index (χ1) is 18.7. The van der Waals surface area contributed by atoms with E-state index in [0.717, 1.165) is 22.8 Å². The summed E-state index contributed by atoms with van der Waals surface area (Å²) in [6.45, 7) is 5.79. The summed E-state index contributed by atoms with van der Waals surface area (Å²) in [5.74, 6) is 0.635. The van der Waals surface area contributed by atoms with Gasteiger partial charge in [0.1, 0.15) is 30.0 Å². The first kappa shape index (κ1) is 27.1. The van der Waals surface area contributed by atoms with E-state index >= 15 is 0 Å². The van der Waals surface area contributed by atoms with Crippen molar-refractivity contribution in [2.75, 3.05) is 40.1 Å². The van der Waals surface area contributed by atoms with Gasteiger partial charge in [0.15, 0.2) is 0 Å². The third-order valence-electron chi connectivity index (χ3n) is 7.01. The molecule has 3 aromatic rings. The van der Waals surface area contributed by atoms with E-state index < -0.39 is 11.7 Å². The number of aryl methyl sites for hydroxylation is 1. The van der Waals surface area contributed by atoms with Crippen LogP contribution in [0, 0.1) is 6.92 Å².